The van der Waals surface area contributed by atoms with Crippen molar-refractivity contribution < 1.29 is 9.84 Å². The van der Waals surface area contributed by atoms with E-state index >= 15 is 0 Å². The fourth-order valence-electron chi connectivity index (χ4n) is 2.43. The molecule has 0 radical (unpaired) electrons. The number of rotatable bonds is 3. The summed E-state index contributed by atoms with van der Waals surface area (Å²) >= 11 is 6.31. The lowest BCUT2D eigenvalue weighted by Gasteiger charge is -2.06. The number of benzene rings is 2. The van der Waals surface area contributed by atoms with E-state index < -0.39 is 0 Å². The molecule has 0 saturated heterocycles. The summed E-state index contributed by atoms with van der Waals surface area (Å²) < 4.78 is 5.00. The summed E-state index contributed by atoms with van der Waals surface area (Å²) in [5.41, 5.74) is 1.92. The molecule has 0 aliphatic rings. The fourth-order valence-corrected chi connectivity index (χ4v) is 2.65. The van der Waals surface area contributed by atoms with Gasteiger partial charge in [-0.15, -0.1) is 0 Å². The van der Waals surface area contributed by atoms with Crippen LogP contribution in [0, 0.1) is 6.92 Å². The first-order valence-corrected chi connectivity index (χ1v) is 7.61. The van der Waals surface area contributed by atoms with Gasteiger partial charge in [0.25, 0.3) is 5.56 Å². The van der Waals surface area contributed by atoms with Crippen LogP contribution in [0.15, 0.2) is 41.2 Å². The van der Waals surface area contributed by atoms with E-state index in [-0.39, 0.29) is 22.2 Å². The highest BCUT2D eigenvalue weighted by molar-refractivity contribution is 6.50. The molecule has 122 valence electrons. The number of nitrogens with zero attached hydrogens (tertiary/aromatic N) is 1. The maximum Gasteiger partial charge on any atom is 0.259 e. The summed E-state index contributed by atoms with van der Waals surface area (Å²) in [4.78, 5) is 19.3. The molecule has 2 aromatic carbocycles. The molecule has 0 unspecified atom stereocenters. The molecule has 0 fully saturated rings. The molecule has 0 amide bonds. The van der Waals surface area contributed by atoms with Crippen LogP contribution in [0.1, 0.15) is 17.0 Å². The van der Waals surface area contributed by atoms with Crippen molar-refractivity contribution in [3.8, 4) is 11.5 Å². The second kappa shape index (κ2) is 6.37. The van der Waals surface area contributed by atoms with Gasteiger partial charge >= 0.3 is 0 Å². The Balaban J connectivity index is 2.08. The average molecular weight is 343 g/mol. The van der Waals surface area contributed by atoms with Crippen molar-refractivity contribution in [1.29, 1.82) is 0 Å². The molecule has 0 atom stereocenters. The van der Waals surface area contributed by atoms with E-state index in [4.69, 9.17) is 16.3 Å². The number of nitrogens with one attached hydrogen (secondary N) is 1. The Labute approximate surface area is 143 Å². The monoisotopic (exact) mass is 342 g/mol. The lowest BCUT2D eigenvalue weighted by atomic mass is 10.1. The lowest BCUT2D eigenvalue weighted by molar-refractivity contribution is 0.373. The zero-order chi connectivity index (χ0) is 17.3. The number of phenolic OH excluding ortho intramolecular Hbond substituents is 1. The number of aromatic amines is 1. The van der Waals surface area contributed by atoms with Gasteiger partial charge in [-0.05, 0) is 42.3 Å². The Morgan fingerprint density at radius 2 is 2.12 bits per heavy atom. The van der Waals surface area contributed by atoms with Gasteiger partial charge in [0.15, 0.2) is 17.3 Å². The van der Waals surface area contributed by atoms with Crippen LogP contribution in [0.2, 0.25) is 0 Å². The number of fused-ring (bicyclic) bond motifs is 1. The predicted molar refractivity (Wildman–Crippen MR) is 95.5 cm³/mol. The highest BCUT2D eigenvalue weighted by Gasteiger charge is 2.09. The van der Waals surface area contributed by atoms with Gasteiger partial charge in [0.1, 0.15) is 0 Å². The maximum absolute atomic E-state index is 12.2. The highest BCUT2D eigenvalue weighted by Crippen LogP contribution is 2.28. The number of phenols is 1. The first-order chi connectivity index (χ1) is 11.5. The first-order valence-electron chi connectivity index (χ1n) is 7.24. The van der Waals surface area contributed by atoms with Crippen molar-refractivity contribution >= 4 is 33.6 Å². The Kier molecular flexibility index (Phi) is 4.27. The van der Waals surface area contributed by atoms with E-state index in [2.05, 4.69) is 9.97 Å². The zero-order valence-electron chi connectivity index (χ0n) is 13.1. The fraction of sp³-hybridized carbons (Fsp3) is 0.111. The number of H-pyrrole nitrogens is 1. The Bertz CT molecular complexity index is 1010. The van der Waals surface area contributed by atoms with Crippen molar-refractivity contribution in [2.75, 3.05) is 7.11 Å². The minimum atomic E-state index is -0.247. The number of para-hydroxylation sites is 1. The van der Waals surface area contributed by atoms with E-state index in [0.717, 1.165) is 5.56 Å². The SMILES string of the molecule is COc1ccc(/C=C(\Cl)c2nc3c(C)cccc3c(=O)[nH]2)cc1O. The van der Waals surface area contributed by atoms with Crippen molar-refractivity contribution in [1.82, 2.24) is 9.97 Å². The van der Waals surface area contributed by atoms with E-state index in [9.17, 15) is 9.90 Å². The quantitative estimate of drug-likeness (QED) is 0.761. The van der Waals surface area contributed by atoms with Crippen LogP contribution in [0.4, 0.5) is 0 Å². The predicted octanol–water partition coefficient (Wildman–Crippen LogP) is 3.68. The molecule has 0 aliphatic heterocycles. The van der Waals surface area contributed by atoms with Gasteiger partial charge in [0.05, 0.1) is 23.0 Å². The minimum Gasteiger partial charge on any atom is -0.504 e. The molecule has 5 nitrogen and oxygen atoms in total. The van der Waals surface area contributed by atoms with Crippen LogP contribution in [0.3, 0.4) is 0 Å². The topological polar surface area (TPSA) is 75.2 Å². The Morgan fingerprint density at radius 1 is 1.33 bits per heavy atom. The summed E-state index contributed by atoms with van der Waals surface area (Å²) in [6, 6.07) is 10.3. The number of hydrogen-bond acceptors (Lipinski definition) is 4. The van der Waals surface area contributed by atoms with Gasteiger partial charge in [-0.3, -0.25) is 4.79 Å². The molecule has 1 heterocycles. The molecule has 0 bridgehead atoms. The molecule has 3 aromatic rings. The molecule has 6 heteroatoms. The summed E-state index contributed by atoms with van der Waals surface area (Å²) in [6.45, 7) is 1.89. The Morgan fingerprint density at radius 3 is 2.83 bits per heavy atom. The third kappa shape index (κ3) is 2.98. The van der Waals surface area contributed by atoms with Gasteiger partial charge in [-0.25, -0.2) is 4.98 Å². The van der Waals surface area contributed by atoms with Crippen LogP contribution < -0.4 is 10.3 Å². The minimum absolute atomic E-state index is 0.00604. The number of hydrogen-bond donors (Lipinski definition) is 2. The molecule has 0 spiro atoms. The summed E-state index contributed by atoms with van der Waals surface area (Å²) in [5, 5.41) is 10.6. The van der Waals surface area contributed by atoms with Crippen LogP contribution in [0.25, 0.3) is 22.0 Å². The van der Waals surface area contributed by atoms with Gasteiger partial charge in [0.2, 0.25) is 0 Å². The number of ether oxygens (including phenoxy) is 1. The molecule has 0 aliphatic carbocycles. The van der Waals surface area contributed by atoms with Gasteiger partial charge < -0.3 is 14.8 Å². The third-order valence-corrected chi connectivity index (χ3v) is 3.95. The van der Waals surface area contributed by atoms with Crippen LogP contribution in [-0.4, -0.2) is 22.2 Å². The second-order valence-electron chi connectivity index (χ2n) is 5.31. The van der Waals surface area contributed by atoms with Crippen molar-refractivity contribution in [2.24, 2.45) is 0 Å². The van der Waals surface area contributed by atoms with Crippen LogP contribution in [0.5, 0.6) is 11.5 Å². The zero-order valence-corrected chi connectivity index (χ0v) is 13.9. The summed E-state index contributed by atoms with van der Waals surface area (Å²) in [5.74, 6) is 0.654. The van der Waals surface area contributed by atoms with Gasteiger partial charge in [0, 0.05) is 0 Å². The average Bonchev–Trinajstić information content (AvgIpc) is 2.56. The highest BCUT2D eigenvalue weighted by atomic mass is 35.5. The van der Waals surface area contributed by atoms with Gasteiger partial charge in [-0.2, -0.15) is 0 Å². The van der Waals surface area contributed by atoms with Crippen LogP contribution in [-0.2, 0) is 0 Å². The second-order valence-corrected chi connectivity index (χ2v) is 5.72. The largest absolute Gasteiger partial charge is 0.504 e. The number of aromatic nitrogens is 2. The summed E-state index contributed by atoms with van der Waals surface area (Å²) in [6.07, 6.45) is 1.61. The smallest absolute Gasteiger partial charge is 0.259 e. The van der Waals surface area contributed by atoms with Gasteiger partial charge in [-0.1, -0.05) is 29.8 Å². The van der Waals surface area contributed by atoms with E-state index in [0.29, 0.717) is 22.2 Å². The van der Waals surface area contributed by atoms with E-state index in [1.165, 1.54) is 13.2 Å². The van der Waals surface area contributed by atoms with Crippen molar-refractivity contribution in [3.05, 3.63) is 63.7 Å². The lowest BCUT2D eigenvalue weighted by Crippen LogP contribution is -2.11. The molecule has 3 rings (SSSR count). The maximum atomic E-state index is 12.2. The standard InChI is InChI=1S/C18H15ClN2O3/c1-10-4-3-5-12-16(10)20-17(21-18(12)23)13(19)8-11-6-7-15(24-2)14(22)9-11/h3-9,22H,1-2H3,(H,20,21,23)/b13-8-. The summed E-state index contributed by atoms with van der Waals surface area (Å²) in [7, 11) is 1.48. The normalized spacial score (nSPS) is 11.7. The third-order valence-electron chi connectivity index (χ3n) is 3.66. The number of halogens is 1. The number of aryl methyl sites for hydroxylation is 1. The Hall–Kier alpha value is -2.79. The molecule has 0 saturated carbocycles. The van der Waals surface area contributed by atoms with Crippen molar-refractivity contribution in [2.45, 2.75) is 6.92 Å². The van der Waals surface area contributed by atoms with Crippen LogP contribution >= 0.6 is 11.6 Å². The molecular formula is C18H15ClN2O3. The van der Waals surface area contributed by atoms with E-state index in [1.807, 2.05) is 19.1 Å². The first kappa shape index (κ1) is 16.1. The number of aromatic hydroxyl groups is 1. The molecular weight excluding hydrogens is 328 g/mol. The molecule has 24 heavy (non-hydrogen) atoms. The number of methoxy groups -OCH3 is 1. The molecule has 1 aromatic heterocycles. The molecule has 2 N–H and O–H groups in total. The van der Waals surface area contributed by atoms with E-state index in [1.54, 1.807) is 24.3 Å². The van der Waals surface area contributed by atoms with Crippen molar-refractivity contribution in [3.63, 3.8) is 0 Å².